The van der Waals surface area contributed by atoms with Crippen molar-refractivity contribution in [2.45, 2.75) is 95.6 Å². The lowest BCUT2D eigenvalue weighted by Gasteiger charge is -2.44. The van der Waals surface area contributed by atoms with Crippen molar-refractivity contribution in [2.75, 3.05) is 0 Å². The average molecular weight is 633 g/mol. The number of aliphatic carboxylic acids is 3. The molecular weight excluding hydrogens is 588 g/mol. The Balaban J connectivity index is 1.91. The number of allylic oxidation sites excluding steroid dienone is 1. The van der Waals surface area contributed by atoms with Crippen molar-refractivity contribution in [3.05, 3.63) is 60.2 Å². The van der Waals surface area contributed by atoms with Crippen molar-refractivity contribution < 1.29 is 58.9 Å². The van der Waals surface area contributed by atoms with Crippen LogP contribution in [0.15, 0.2) is 54.6 Å². The van der Waals surface area contributed by atoms with E-state index in [0.29, 0.717) is 12.3 Å². The van der Waals surface area contributed by atoms with Gasteiger partial charge in [0.05, 0.1) is 6.10 Å². The number of benzene rings is 1. The molecule has 2 aliphatic rings. The van der Waals surface area contributed by atoms with Gasteiger partial charge in [0.1, 0.15) is 12.0 Å². The molecule has 0 unspecified atom stereocenters. The molecule has 2 fully saturated rings. The van der Waals surface area contributed by atoms with Gasteiger partial charge in [0.25, 0.3) is 0 Å². The summed E-state index contributed by atoms with van der Waals surface area (Å²) < 4.78 is 16.7. The largest absolute Gasteiger partial charge is 0.481 e. The summed E-state index contributed by atoms with van der Waals surface area (Å²) in [6, 6.07) is 9.41. The van der Waals surface area contributed by atoms with Crippen LogP contribution in [0.1, 0.15) is 58.9 Å². The molecule has 1 aromatic carbocycles. The fraction of sp³-hybridized carbons (Fsp3) is 0.576. The van der Waals surface area contributed by atoms with Gasteiger partial charge in [-0.05, 0) is 48.2 Å². The van der Waals surface area contributed by atoms with Crippen LogP contribution >= 0.6 is 0 Å². The van der Waals surface area contributed by atoms with Gasteiger partial charge in [-0.1, -0.05) is 77.1 Å². The van der Waals surface area contributed by atoms with E-state index in [1.54, 1.807) is 13.0 Å². The molecule has 0 aromatic heterocycles. The summed E-state index contributed by atoms with van der Waals surface area (Å²) in [5.41, 5.74) is -1.78. The summed E-state index contributed by atoms with van der Waals surface area (Å²) in [6.45, 7) is 11.7. The van der Waals surface area contributed by atoms with E-state index in [1.807, 2.05) is 51.1 Å². The summed E-state index contributed by atoms with van der Waals surface area (Å²) in [5.74, 6) is -11.5. The van der Waals surface area contributed by atoms with Gasteiger partial charge >= 0.3 is 23.9 Å². The second kappa shape index (κ2) is 14.7. The lowest BCUT2D eigenvalue weighted by Crippen LogP contribution is -2.66. The number of carboxylic acid groups (broad SMARTS) is 3. The van der Waals surface area contributed by atoms with E-state index in [4.69, 9.17) is 14.2 Å². The van der Waals surface area contributed by atoms with E-state index in [2.05, 4.69) is 6.58 Å². The van der Waals surface area contributed by atoms with Crippen LogP contribution in [0.5, 0.6) is 0 Å². The summed E-state index contributed by atoms with van der Waals surface area (Å²) in [7, 11) is 0. The Hall–Kier alpha value is -3.58. The number of fused-ring (bicyclic) bond motifs is 2. The number of esters is 1. The molecule has 248 valence electrons. The van der Waals surface area contributed by atoms with Crippen molar-refractivity contribution in [2.24, 2.45) is 23.7 Å². The molecule has 5 N–H and O–H groups in total. The average Bonchev–Trinajstić information content (AvgIpc) is 3.18. The molecule has 0 saturated carbocycles. The highest BCUT2D eigenvalue weighted by molar-refractivity contribution is 5.93. The standard InChI is InChI=1S/C33H44O12/c1-6-18(2)16-19(3)12-13-23(34)43-28-27(36)32(15-14-20(4)25(35)21(5)17-22-10-8-7-9-11-22)44-26(30(39)40)24(29(37)38)33(28,45-32)31(41)42/h7-13,18-19,21,24-28,35-36H,4,6,14-17H2,1-3,5H3,(H,37,38)(H,39,40)(H,41,42)/b13-12+/t18-,19+,21+,24-,25+,26-,27+,28+,32+,33+/m0/s1. The van der Waals surface area contributed by atoms with Gasteiger partial charge in [0.15, 0.2) is 12.2 Å². The monoisotopic (exact) mass is 632 g/mol. The number of ether oxygens (including phenoxy) is 3. The first-order chi connectivity index (χ1) is 21.1. The number of carbonyl (C=O) groups is 4. The summed E-state index contributed by atoms with van der Waals surface area (Å²) >= 11 is 0. The lowest BCUT2D eigenvalue weighted by atomic mass is 9.78. The first kappa shape index (κ1) is 35.9. The summed E-state index contributed by atoms with van der Waals surface area (Å²) in [6.07, 6.45) is -3.36. The molecule has 0 amide bonds. The fourth-order valence-electron chi connectivity index (χ4n) is 6.20. The van der Waals surface area contributed by atoms with Crippen LogP contribution in [0.2, 0.25) is 0 Å². The minimum Gasteiger partial charge on any atom is -0.481 e. The van der Waals surface area contributed by atoms with Gasteiger partial charge in [-0.3, -0.25) is 4.79 Å². The van der Waals surface area contributed by atoms with Crippen LogP contribution in [0.25, 0.3) is 0 Å². The number of aliphatic hydroxyl groups excluding tert-OH is 2. The highest BCUT2D eigenvalue weighted by Crippen LogP contribution is 2.54. The van der Waals surface area contributed by atoms with Crippen molar-refractivity contribution in [1.29, 1.82) is 0 Å². The van der Waals surface area contributed by atoms with Crippen molar-refractivity contribution in [3.8, 4) is 0 Å². The quantitative estimate of drug-likeness (QED) is 0.102. The predicted octanol–water partition coefficient (Wildman–Crippen LogP) is 3.20. The molecule has 12 heteroatoms. The summed E-state index contributed by atoms with van der Waals surface area (Å²) in [5, 5.41) is 52.7. The molecular formula is C33H44O12. The molecule has 2 bridgehead atoms. The van der Waals surface area contributed by atoms with Gasteiger partial charge in [0, 0.05) is 12.5 Å². The maximum atomic E-state index is 12.9. The Morgan fingerprint density at radius 1 is 1.07 bits per heavy atom. The second-order valence-corrected chi connectivity index (χ2v) is 12.4. The molecule has 1 aromatic rings. The van der Waals surface area contributed by atoms with E-state index in [9.17, 15) is 44.7 Å². The highest BCUT2D eigenvalue weighted by atomic mass is 16.8. The number of hydrogen-bond donors (Lipinski definition) is 5. The Kier molecular flexibility index (Phi) is 11.7. The molecule has 2 saturated heterocycles. The van der Waals surface area contributed by atoms with E-state index >= 15 is 0 Å². The van der Waals surface area contributed by atoms with Gasteiger partial charge in [0.2, 0.25) is 11.4 Å². The molecule has 12 nitrogen and oxygen atoms in total. The van der Waals surface area contributed by atoms with Crippen LogP contribution < -0.4 is 0 Å². The van der Waals surface area contributed by atoms with Crippen LogP contribution in [0, 0.1) is 23.7 Å². The minimum atomic E-state index is -3.01. The number of carbonyl (C=O) groups excluding carboxylic acids is 1. The fourth-order valence-corrected chi connectivity index (χ4v) is 6.20. The van der Waals surface area contributed by atoms with Crippen LogP contribution in [-0.4, -0.2) is 85.2 Å². The first-order valence-electron chi connectivity index (χ1n) is 15.1. The number of carboxylic acids is 3. The van der Waals surface area contributed by atoms with Crippen molar-refractivity contribution in [1.82, 2.24) is 0 Å². The Bertz CT molecular complexity index is 1280. The predicted molar refractivity (Wildman–Crippen MR) is 160 cm³/mol. The maximum Gasteiger partial charge on any atom is 0.341 e. The first-order valence-corrected chi connectivity index (χ1v) is 15.1. The molecule has 2 aliphatic heterocycles. The molecule has 0 radical (unpaired) electrons. The van der Waals surface area contributed by atoms with Gasteiger partial charge < -0.3 is 39.7 Å². The van der Waals surface area contributed by atoms with Crippen molar-refractivity contribution >= 4 is 23.9 Å². The molecule has 10 atom stereocenters. The smallest absolute Gasteiger partial charge is 0.341 e. The lowest BCUT2D eigenvalue weighted by molar-refractivity contribution is -0.342. The van der Waals surface area contributed by atoms with Gasteiger partial charge in [-0.15, -0.1) is 0 Å². The van der Waals surface area contributed by atoms with E-state index < -0.39 is 72.0 Å². The zero-order chi connectivity index (χ0) is 33.7. The number of aliphatic hydroxyl groups is 2. The Morgan fingerprint density at radius 3 is 2.27 bits per heavy atom. The number of hydrogen-bond acceptors (Lipinski definition) is 9. The Morgan fingerprint density at radius 2 is 1.71 bits per heavy atom. The molecule has 2 heterocycles. The molecule has 3 rings (SSSR count). The third-order valence-corrected chi connectivity index (χ3v) is 8.86. The SMILES string of the molecule is C=C(CC[C@@]12O[C@H](C(=O)O)[C@@H](C(=O)O)[C@@](C(=O)O)(O1)[C@H](OC(=O)/C=C/[C@@H](C)C[C@@H](C)CC)[C@H]2O)[C@@H](O)[C@H](C)Cc1ccccc1. The van der Waals surface area contributed by atoms with Gasteiger partial charge in [-0.25, -0.2) is 14.4 Å². The topological polar surface area (TPSA) is 197 Å². The Labute approximate surface area is 262 Å². The van der Waals surface area contributed by atoms with Crippen molar-refractivity contribution in [3.63, 3.8) is 0 Å². The maximum absolute atomic E-state index is 12.9. The zero-order valence-electron chi connectivity index (χ0n) is 26.0. The van der Waals surface area contributed by atoms with Crippen LogP contribution in [0.3, 0.4) is 0 Å². The second-order valence-electron chi connectivity index (χ2n) is 12.4. The van der Waals surface area contributed by atoms with Crippen LogP contribution in [-0.2, 0) is 39.8 Å². The zero-order valence-corrected chi connectivity index (χ0v) is 26.0. The third kappa shape index (κ3) is 7.63. The molecule has 45 heavy (non-hydrogen) atoms. The van der Waals surface area contributed by atoms with Crippen LogP contribution in [0.4, 0.5) is 0 Å². The van der Waals surface area contributed by atoms with Gasteiger partial charge in [-0.2, -0.15) is 0 Å². The highest BCUT2D eigenvalue weighted by Gasteiger charge is 2.79. The van der Waals surface area contributed by atoms with E-state index in [0.717, 1.165) is 24.5 Å². The summed E-state index contributed by atoms with van der Waals surface area (Å²) in [4.78, 5) is 50.3. The third-order valence-electron chi connectivity index (χ3n) is 8.86. The molecule has 0 spiro atoms. The van der Waals surface area contributed by atoms with E-state index in [-0.39, 0.29) is 23.8 Å². The minimum absolute atomic E-state index is 0.0514. The number of rotatable bonds is 16. The normalized spacial score (nSPS) is 30.3. The molecule has 0 aliphatic carbocycles. The van der Waals surface area contributed by atoms with E-state index in [1.165, 1.54) is 0 Å².